The van der Waals surface area contributed by atoms with Crippen molar-refractivity contribution in [3.63, 3.8) is 0 Å². The molecule has 2 aromatic rings. The number of carbonyl (C=O) groups is 1. The molecule has 2 aromatic carbocycles. The van der Waals surface area contributed by atoms with E-state index >= 15 is 0 Å². The van der Waals surface area contributed by atoms with Crippen LogP contribution in [0.3, 0.4) is 0 Å². The number of rotatable bonds is 6. The molecule has 0 radical (unpaired) electrons. The van der Waals surface area contributed by atoms with Crippen LogP contribution in [0.4, 0.5) is 5.69 Å². The molecule has 0 fully saturated rings. The predicted molar refractivity (Wildman–Crippen MR) is 88.8 cm³/mol. The van der Waals surface area contributed by atoms with E-state index in [4.69, 9.17) is 26.2 Å². The van der Waals surface area contributed by atoms with Crippen molar-refractivity contribution in [2.45, 2.75) is 4.90 Å². The van der Waals surface area contributed by atoms with Crippen LogP contribution < -0.4 is 14.2 Å². The van der Waals surface area contributed by atoms with Gasteiger partial charge in [0.15, 0.2) is 0 Å². The molecule has 0 saturated carbocycles. The fraction of sp³-hybridized carbons (Fsp3) is 0.133. The van der Waals surface area contributed by atoms with Gasteiger partial charge in [-0.25, -0.2) is 13.2 Å². The first-order valence-corrected chi connectivity index (χ1v) is 8.42. The highest BCUT2D eigenvalue weighted by atomic mass is 35.5. The maximum Gasteiger partial charge on any atom is 0.335 e. The standard InChI is InChI=1S/C15H14ClNO6S/c1-22-13-8-12(14(23-2)7-11(13)16)17-24(20,21)10-5-3-4-9(6-10)15(18)19/h3-8,17H,1-2H3,(H,18,19). The largest absolute Gasteiger partial charge is 0.495 e. The molecule has 0 aliphatic rings. The predicted octanol–water partition coefficient (Wildman–Crippen LogP) is 2.86. The van der Waals surface area contributed by atoms with Crippen LogP contribution in [0.1, 0.15) is 10.4 Å². The number of hydrogen-bond donors (Lipinski definition) is 2. The monoisotopic (exact) mass is 371 g/mol. The van der Waals surface area contributed by atoms with Gasteiger partial charge < -0.3 is 14.6 Å². The fourth-order valence-corrected chi connectivity index (χ4v) is 3.28. The van der Waals surface area contributed by atoms with Crippen molar-refractivity contribution in [1.82, 2.24) is 0 Å². The van der Waals surface area contributed by atoms with Gasteiger partial charge in [0.2, 0.25) is 0 Å². The number of sulfonamides is 1. The van der Waals surface area contributed by atoms with Crippen molar-refractivity contribution in [3.05, 3.63) is 47.0 Å². The molecule has 0 aromatic heterocycles. The summed E-state index contributed by atoms with van der Waals surface area (Å²) < 4.78 is 37.5. The Kier molecular flexibility index (Phi) is 5.20. The summed E-state index contributed by atoms with van der Waals surface area (Å²) in [5.74, 6) is -0.772. The summed E-state index contributed by atoms with van der Waals surface area (Å²) in [6.45, 7) is 0. The molecule has 0 aliphatic carbocycles. The van der Waals surface area contributed by atoms with Crippen LogP contribution in [0.2, 0.25) is 5.02 Å². The Hall–Kier alpha value is -2.45. The molecule has 2 N–H and O–H groups in total. The minimum Gasteiger partial charge on any atom is -0.495 e. The van der Waals surface area contributed by atoms with Gasteiger partial charge in [0.05, 0.1) is 35.4 Å². The van der Waals surface area contributed by atoms with E-state index in [2.05, 4.69) is 4.72 Å². The topological polar surface area (TPSA) is 102 Å². The van der Waals surface area contributed by atoms with Gasteiger partial charge in [0.25, 0.3) is 10.0 Å². The number of aromatic carboxylic acids is 1. The summed E-state index contributed by atoms with van der Waals surface area (Å²) in [6, 6.07) is 7.77. The summed E-state index contributed by atoms with van der Waals surface area (Å²) in [7, 11) is -1.28. The lowest BCUT2D eigenvalue weighted by atomic mass is 10.2. The SMILES string of the molecule is COc1cc(NS(=O)(=O)c2cccc(C(=O)O)c2)c(OC)cc1Cl. The van der Waals surface area contributed by atoms with Crippen LogP contribution in [0.15, 0.2) is 41.3 Å². The highest BCUT2D eigenvalue weighted by molar-refractivity contribution is 7.92. The molecule has 9 heteroatoms. The van der Waals surface area contributed by atoms with Gasteiger partial charge in [-0.1, -0.05) is 17.7 Å². The van der Waals surface area contributed by atoms with E-state index in [0.29, 0.717) is 0 Å². The second-order valence-electron chi connectivity index (χ2n) is 4.63. The third-order valence-electron chi connectivity index (χ3n) is 3.11. The highest BCUT2D eigenvalue weighted by Crippen LogP contribution is 2.36. The van der Waals surface area contributed by atoms with E-state index < -0.39 is 16.0 Å². The zero-order chi connectivity index (χ0) is 17.9. The number of halogens is 1. The number of benzene rings is 2. The molecule has 0 spiro atoms. The van der Waals surface area contributed by atoms with Crippen molar-refractivity contribution in [1.29, 1.82) is 0 Å². The summed E-state index contributed by atoms with van der Waals surface area (Å²) in [6.07, 6.45) is 0. The molecule has 0 bridgehead atoms. The maximum atomic E-state index is 12.5. The first-order valence-electron chi connectivity index (χ1n) is 6.56. The van der Waals surface area contributed by atoms with Crippen LogP contribution in [-0.4, -0.2) is 33.7 Å². The van der Waals surface area contributed by atoms with E-state index in [9.17, 15) is 13.2 Å². The summed E-state index contributed by atoms with van der Waals surface area (Å²) >= 11 is 5.98. The van der Waals surface area contributed by atoms with Crippen molar-refractivity contribution in [2.75, 3.05) is 18.9 Å². The van der Waals surface area contributed by atoms with Gasteiger partial charge in [-0.3, -0.25) is 4.72 Å². The molecule has 0 amide bonds. The Morgan fingerprint density at radius 2 is 1.79 bits per heavy atom. The molecule has 24 heavy (non-hydrogen) atoms. The minimum atomic E-state index is -4.03. The van der Waals surface area contributed by atoms with Crippen LogP contribution in [0.5, 0.6) is 11.5 Å². The Morgan fingerprint density at radius 3 is 2.38 bits per heavy atom. The van der Waals surface area contributed by atoms with Gasteiger partial charge in [-0.05, 0) is 18.2 Å². The highest BCUT2D eigenvalue weighted by Gasteiger charge is 2.19. The molecule has 0 aliphatic heterocycles. The summed E-state index contributed by atoms with van der Waals surface area (Å²) in [5, 5.41) is 9.23. The molecular formula is C15H14ClNO6S. The van der Waals surface area contributed by atoms with Crippen LogP contribution in [-0.2, 0) is 10.0 Å². The maximum absolute atomic E-state index is 12.5. The van der Waals surface area contributed by atoms with Gasteiger partial charge >= 0.3 is 5.97 Å². The number of nitrogens with one attached hydrogen (secondary N) is 1. The van der Waals surface area contributed by atoms with E-state index in [-0.39, 0.29) is 32.7 Å². The Balaban J connectivity index is 2.46. The van der Waals surface area contributed by atoms with Crippen molar-refractivity contribution in [3.8, 4) is 11.5 Å². The van der Waals surface area contributed by atoms with E-state index in [1.165, 1.54) is 44.6 Å². The molecule has 128 valence electrons. The minimum absolute atomic E-state index is 0.111. The molecule has 7 nitrogen and oxygen atoms in total. The number of hydrogen-bond acceptors (Lipinski definition) is 5. The van der Waals surface area contributed by atoms with Gasteiger partial charge in [-0.15, -0.1) is 0 Å². The fourth-order valence-electron chi connectivity index (χ4n) is 1.94. The number of ether oxygens (including phenoxy) is 2. The molecule has 0 saturated heterocycles. The van der Waals surface area contributed by atoms with Gasteiger partial charge in [0.1, 0.15) is 11.5 Å². The first kappa shape index (κ1) is 17.9. The lowest BCUT2D eigenvalue weighted by Crippen LogP contribution is -2.14. The molecule has 0 heterocycles. The Bertz CT molecular complexity index is 882. The average molecular weight is 372 g/mol. The summed E-state index contributed by atoms with van der Waals surface area (Å²) in [4.78, 5) is 10.8. The number of anilines is 1. The Labute approximate surface area is 143 Å². The van der Waals surface area contributed by atoms with Crippen LogP contribution in [0, 0.1) is 0 Å². The second kappa shape index (κ2) is 6.98. The lowest BCUT2D eigenvalue weighted by Gasteiger charge is -2.14. The van der Waals surface area contributed by atoms with Gasteiger partial charge in [-0.2, -0.15) is 0 Å². The third kappa shape index (κ3) is 3.72. The number of carboxylic acids is 1. The first-order chi connectivity index (χ1) is 11.3. The average Bonchev–Trinajstić information content (AvgIpc) is 2.55. The number of methoxy groups -OCH3 is 2. The molecule has 0 unspecified atom stereocenters. The normalized spacial score (nSPS) is 11.0. The smallest absolute Gasteiger partial charge is 0.335 e. The van der Waals surface area contributed by atoms with Crippen LogP contribution >= 0.6 is 11.6 Å². The number of carboxylic acid groups (broad SMARTS) is 1. The van der Waals surface area contributed by atoms with Crippen molar-refractivity contribution in [2.24, 2.45) is 0 Å². The third-order valence-corrected chi connectivity index (χ3v) is 4.77. The zero-order valence-electron chi connectivity index (χ0n) is 12.7. The van der Waals surface area contributed by atoms with Crippen molar-refractivity contribution >= 4 is 33.3 Å². The molecule has 2 rings (SSSR count). The zero-order valence-corrected chi connectivity index (χ0v) is 14.3. The van der Waals surface area contributed by atoms with E-state index in [1.807, 2.05) is 0 Å². The van der Waals surface area contributed by atoms with E-state index in [1.54, 1.807) is 0 Å². The second-order valence-corrected chi connectivity index (χ2v) is 6.72. The van der Waals surface area contributed by atoms with Gasteiger partial charge in [0, 0.05) is 12.1 Å². The van der Waals surface area contributed by atoms with Crippen molar-refractivity contribution < 1.29 is 27.8 Å². The van der Waals surface area contributed by atoms with Crippen LogP contribution in [0.25, 0.3) is 0 Å². The molecular weight excluding hydrogens is 358 g/mol. The quantitative estimate of drug-likeness (QED) is 0.809. The van der Waals surface area contributed by atoms with E-state index in [0.717, 1.165) is 6.07 Å². The summed E-state index contributed by atoms with van der Waals surface area (Å²) in [5.41, 5.74) is -0.0296. The molecule has 0 atom stereocenters. The Morgan fingerprint density at radius 1 is 1.12 bits per heavy atom. The lowest BCUT2D eigenvalue weighted by molar-refractivity contribution is 0.0696.